The van der Waals surface area contributed by atoms with Crippen LogP contribution in [0.2, 0.25) is 0 Å². The van der Waals surface area contributed by atoms with Crippen molar-refractivity contribution >= 4 is 11.8 Å². The first-order chi connectivity index (χ1) is 9.81. The van der Waals surface area contributed by atoms with Gasteiger partial charge in [0.1, 0.15) is 6.33 Å². The summed E-state index contributed by atoms with van der Waals surface area (Å²) in [5, 5.41) is 7.90. The van der Waals surface area contributed by atoms with Gasteiger partial charge >= 0.3 is 0 Å². The number of hydrogen-bond acceptors (Lipinski definition) is 5. The minimum Gasteiger partial charge on any atom is -0.375 e. The molecule has 2 fully saturated rings. The van der Waals surface area contributed by atoms with E-state index in [-0.39, 0.29) is 5.60 Å². The summed E-state index contributed by atoms with van der Waals surface area (Å²) in [6, 6.07) is 0.453. The van der Waals surface area contributed by atoms with Crippen LogP contribution in [-0.4, -0.2) is 45.0 Å². The summed E-state index contributed by atoms with van der Waals surface area (Å²) in [6.07, 6.45) is 6.42. The van der Waals surface area contributed by atoms with Crippen molar-refractivity contribution in [3.63, 3.8) is 0 Å². The molecule has 1 unspecified atom stereocenters. The largest absolute Gasteiger partial charge is 0.375 e. The second-order valence-corrected chi connectivity index (χ2v) is 6.94. The number of nitrogens with one attached hydrogen (secondary N) is 1. The molecule has 0 radical (unpaired) electrons. The Morgan fingerprint density at radius 1 is 1.50 bits per heavy atom. The number of nitrogens with zero attached hydrogens (tertiary/aromatic N) is 3. The van der Waals surface area contributed by atoms with E-state index < -0.39 is 0 Å². The summed E-state index contributed by atoms with van der Waals surface area (Å²) in [5.41, 5.74) is 0.113. The standard InChI is InChI=1S/C14H24N4OS/c1-2-15-10-13-16-11-18(17-13)12-3-6-19-14(9-12)4-7-20-8-5-14/h11-12,15H,2-10H2,1H3. The highest BCUT2D eigenvalue weighted by molar-refractivity contribution is 7.99. The Balaban J connectivity index is 1.65. The highest BCUT2D eigenvalue weighted by atomic mass is 32.2. The van der Waals surface area contributed by atoms with Crippen LogP contribution >= 0.6 is 11.8 Å². The van der Waals surface area contributed by atoms with Gasteiger partial charge in [-0.2, -0.15) is 16.9 Å². The minimum absolute atomic E-state index is 0.113. The molecule has 1 aromatic heterocycles. The van der Waals surface area contributed by atoms with Crippen LogP contribution in [-0.2, 0) is 11.3 Å². The quantitative estimate of drug-likeness (QED) is 0.921. The smallest absolute Gasteiger partial charge is 0.164 e. The van der Waals surface area contributed by atoms with Crippen LogP contribution in [0.1, 0.15) is 44.5 Å². The zero-order valence-corrected chi connectivity index (χ0v) is 13.0. The molecule has 3 heterocycles. The van der Waals surface area contributed by atoms with Gasteiger partial charge in [-0.25, -0.2) is 9.67 Å². The highest BCUT2D eigenvalue weighted by Gasteiger charge is 2.39. The van der Waals surface area contributed by atoms with Gasteiger partial charge in [0.15, 0.2) is 5.82 Å². The lowest BCUT2D eigenvalue weighted by Crippen LogP contribution is -2.43. The minimum atomic E-state index is 0.113. The summed E-state index contributed by atoms with van der Waals surface area (Å²) >= 11 is 2.05. The molecule has 2 saturated heterocycles. The second kappa shape index (κ2) is 6.45. The first-order valence-corrected chi connectivity index (χ1v) is 8.79. The lowest BCUT2D eigenvalue weighted by atomic mass is 9.85. The van der Waals surface area contributed by atoms with Crippen molar-refractivity contribution in [1.29, 1.82) is 0 Å². The number of hydrogen-bond donors (Lipinski definition) is 1. The van der Waals surface area contributed by atoms with Crippen LogP contribution in [0.15, 0.2) is 6.33 Å². The third-order valence-corrected chi connectivity index (χ3v) is 5.32. The van der Waals surface area contributed by atoms with Crippen molar-refractivity contribution in [1.82, 2.24) is 20.1 Å². The maximum atomic E-state index is 6.14. The van der Waals surface area contributed by atoms with Crippen LogP contribution in [0.5, 0.6) is 0 Å². The number of aromatic nitrogens is 3. The van der Waals surface area contributed by atoms with E-state index in [0.717, 1.165) is 38.4 Å². The molecule has 0 bridgehead atoms. The Morgan fingerprint density at radius 3 is 3.15 bits per heavy atom. The van der Waals surface area contributed by atoms with E-state index in [1.165, 1.54) is 24.3 Å². The molecular formula is C14H24N4OS. The summed E-state index contributed by atoms with van der Waals surface area (Å²) in [4.78, 5) is 4.41. The van der Waals surface area contributed by atoms with Crippen LogP contribution in [0.3, 0.4) is 0 Å². The van der Waals surface area contributed by atoms with Crippen molar-refractivity contribution in [3.05, 3.63) is 12.2 Å². The Morgan fingerprint density at radius 2 is 2.35 bits per heavy atom. The fourth-order valence-electron chi connectivity index (χ4n) is 3.12. The van der Waals surface area contributed by atoms with Crippen LogP contribution in [0.25, 0.3) is 0 Å². The van der Waals surface area contributed by atoms with Gasteiger partial charge in [0, 0.05) is 6.61 Å². The third kappa shape index (κ3) is 3.18. The first kappa shape index (κ1) is 14.4. The second-order valence-electron chi connectivity index (χ2n) is 5.71. The van der Waals surface area contributed by atoms with Crippen molar-refractivity contribution in [2.75, 3.05) is 24.7 Å². The van der Waals surface area contributed by atoms with Crippen LogP contribution in [0.4, 0.5) is 0 Å². The molecule has 3 rings (SSSR count). The predicted molar refractivity (Wildman–Crippen MR) is 80.9 cm³/mol. The monoisotopic (exact) mass is 296 g/mol. The van der Waals surface area contributed by atoms with Crippen molar-refractivity contribution in [2.45, 2.75) is 50.8 Å². The molecule has 0 aliphatic carbocycles. The maximum absolute atomic E-state index is 6.14. The normalized spacial score (nSPS) is 25.9. The van der Waals surface area contributed by atoms with Crippen molar-refractivity contribution in [3.8, 4) is 0 Å². The molecule has 1 atom stereocenters. The average Bonchev–Trinajstić information content (AvgIpc) is 2.95. The predicted octanol–water partition coefficient (Wildman–Crippen LogP) is 2.00. The van der Waals surface area contributed by atoms with Gasteiger partial charge in [-0.3, -0.25) is 0 Å². The maximum Gasteiger partial charge on any atom is 0.164 e. The molecule has 1 aromatic rings. The molecule has 0 amide bonds. The molecule has 1 spiro atoms. The Hall–Kier alpha value is -0.590. The first-order valence-electron chi connectivity index (χ1n) is 7.64. The van der Waals surface area contributed by atoms with E-state index in [4.69, 9.17) is 4.74 Å². The molecule has 2 aliphatic heterocycles. The van der Waals surface area contributed by atoms with E-state index in [9.17, 15) is 0 Å². The zero-order valence-electron chi connectivity index (χ0n) is 12.2. The van der Waals surface area contributed by atoms with E-state index in [1.807, 2.05) is 18.1 Å². The Bertz CT molecular complexity index is 425. The molecule has 20 heavy (non-hydrogen) atoms. The Kier molecular flexibility index (Phi) is 4.63. The molecule has 0 aromatic carbocycles. The zero-order chi connectivity index (χ0) is 13.8. The fraction of sp³-hybridized carbons (Fsp3) is 0.857. The van der Waals surface area contributed by atoms with Gasteiger partial charge in [0.05, 0.1) is 18.2 Å². The SMILES string of the molecule is CCNCc1ncn(C2CCOC3(CCSCC3)C2)n1. The average molecular weight is 296 g/mol. The van der Waals surface area contributed by atoms with Crippen molar-refractivity contribution < 1.29 is 4.74 Å². The molecule has 1 N–H and O–H groups in total. The van der Waals surface area contributed by atoms with Gasteiger partial charge in [-0.15, -0.1) is 0 Å². The van der Waals surface area contributed by atoms with Crippen LogP contribution < -0.4 is 5.32 Å². The molecule has 5 nitrogen and oxygen atoms in total. The highest BCUT2D eigenvalue weighted by Crippen LogP contribution is 2.41. The fourth-order valence-corrected chi connectivity index (χ4v) is 4.36. The van der Waals surface area contributed by atoms with Crippen molar-refractivity contribution in [2.24, 2.45) is 0 Å². The van der Waals surface area contributed by atoms with Gasteiger partial charge in [0.2, 0.25) is 0 Å². The summed E-state index contributed by atoms with van der Waals surface area (Å²) in [6.45, 7) is 4.67. The molecule has 112 valence electrons. The van der Waals surface area contributed by atoms with E-state index in [2.05, 4.69) is 27.0 Å². The molecule has 2 aliphatic rings. The lowest BCUT2D eigenvalue weighted by Gasteiger charge is -2.43. The number of ether oxygens (including phenoxy) is 1. The summed E-state index contributed by atoms with van der Waals surface area (Å²) in [7, 11) is 0. The van der Waals surface area contributed by atoms with Gasteiger partial charge in [0.25, 0.3) is 0 Å². The van der Waals surface area contributed by atoms with Gasteiger partial charge in [-0.1, -0.05) is 6.92 Å². The Labute approximate surface area is 124 Å². The summed E-state index contributed by atoms with van der Waals surface area (Å²) in [5.74, 6) is 3.36. The van der Waals surface area contributed by atoms with Gasteiger partial charge < -0.3 is 10.1 Å². The topological polar surface area (TPSA) is 52.0 Å². The summed E-state index contributed by atoms with van der Waals surface area (Å²) < 4.78 is 8.21. The van der Waals surface area contributed by atoms with Crippen LogP contribution in [0, 0.1) is 0 Å². The van der Waals surface area contributed by atoms with E-state index in [0.29, 0.717) is 6.04 Å². The lowest BCUT2D eigenvalue weighted by molar-refractivity contribution is -0.100. The molecular weight excluding hydrogens is 272 g/mol. The van der Waals surface area contributed by atoms with E-state index in [1.54, 1.807) is 0 Å². The molecule has 0 saturated carbocycles. The third-order valence-electron chi connectivity index (χ3n) is 4.33. The van der Waals surface area contributed by atoms with E-state index >= 15 is 0 Å². The molecule has 6 heteroatoms. The van der Waals surface area contributed by atoms with Gasteiger partial charge in [-0.05, 0) is 43.7 Å². The number of thioether (sulfide) groups is 1. The number of rotatable bonds is 4.